The summed E-state index contributed by atoms with van der Waals surface area (Å²) < 4.78 is 17.5. The molecule has 1 aliphatic rings. The van der Waals surface area contributed by atoms with Crippen LogP contribution in [0.2, 0.25) is 0 Å². The molecule has 0 atom stereocenters. The Hall–Kier alpha value is -1.58. The van der Waals surface area contributed by atoms with Crippen LogP contribution in [0.1, 0.15) is 19.3 Å². The monoisotopic (exact) mass is 251 g/mol. The van der Waals surface area contributed by atoms with Crippen LogP contribution < -0.4 is 4.90 Å². The molecule has 18 heavy (non-hydrogen) atoms. The van der Waals surface area contributed by atoms with Crippen LogP contribution in [-0.4, -0.2) is 26.2 Å². The zero-order chi connectivity index (χ0) is 13.0. The van der Waals surface area contributed by atoms with Crippen LogP contribution in [0, 0.1) is 11.7 Å². The molecule has 1 aromatic carbocycles. The molecule has 0 saturated carbocycles. The lowest BCUT2D eigenvalue weighted by molar-refractivity contribution is -0.141. The molecule has 0 aliphatic carbocycles. The van der Waals surface area contributed by atoms with E-state index in [4.69, 9.17) is 0 Å². The molecule has 0 bridgehead atoms. The third-order valence-electron chi connectivity index (χ3n) is 3.49. The molecule has 1 saturated heterocycles. The summed E-state index contributed by atoms with van der Waals surface area (Å²) in [5.74, 6) is 0.0729. The molecule has 98 valence electrons. The van der Waals surface area contributed by atoms with E-state index < -0.39 is 0 Å². The molecule has 0 radical (unpaired) electrons. The highest BCUT2D eigenvalue weighted by Gasteiger charge is 2.21. The number of hydrogen-bond donors (Lipinski definition) is 0. The summed E-state index contributed by atoms with van der Waals surface area (Å²) >= 11 is 0. The maximum atomic E-state index is 12.8. The number of hydrogen-bond acceptors (Lipinski definition) is 3. The number of anilines is 1. The van der Waals surface area contributed by atoms with Gasteiger partial charge in [-0.25, -0.2) is 4.39 Å². The number of piperidine rings is 1. The van der Waals surface area contributed by atoms with Gasteiger partial charge in [-0.2, -0.15) is 0 Å². The Morgan fingerprint density at radius 1 is 1.33 bits per heavy atom. The predicted octanol–water partition coefficient (Wildman–Crippen LogP) is 2.61. The average molecular weight is 251 g/mol. The number of carbonyl (C=O) groups is 1. The molecule has 0 unspecified atom stereocenters. The fourth-order valence-electron chi connectivity index (χ4n) is 2.37. The van der Waals surface area contributed by atoms with Crippen molar-refractivity contribution in [3.05, 3.63) is 30.1 Å². The van der Waals surface area contributed by atoms with Crippen molar-refractivity contribution in [1.82, 2.24) is 0 Å². The van der Waals surface area contributed by atoms with Gasteiger partial charge in [0.25, 0.3) is 0 Å². The smallest absolute Gasteiger partial charge is 0.305 e. The lowest BCUT2D eigenvalue weighted by Gasteiger charge is -2.33. The van der Waals surface area contributed by atoms with Crippen LogP contribution >= 0.6 is 0 Å². The van der Waals surface area contributed by atoms with Gasteiger partial charge >= 0.3 is 5.97 Å². The molecule has 0 N–H and O–H groups in total. The van der Waals surface area contributed by atoms with Crippen LogP contribution in [0.4, 0.5) is 10.1 Å². The number of halogens is 1. The van der Waals surface area contributed by atoms with Gasteiger partial charge in [-0.05, 0) is 43.0 Å². The minimum atomic E-state index is -0.209. The number of benzene rings is 1. The second-order valence-corrected chi connectivity index (χ2v) is 4.69. The largest absolute Gasteiger partial charge is 0.469 e. The molecule has 0 amide bonds. The Kier molecular flexibility index (Phi) is 4.18. The van der Waals surface area contributed by atoms with Gasteiger partial charge in [0.05, 0.1) is 7.11 Å². The van der Waals surface area contributed by atoms with E-state index in [0.717, 1.165) is 31.6 Å². The Balaban J connectivity index is 1.86. The fraction of sp³-hybridized carbons (Fsp3) is 0.500. The van der Waals surface area contributed by atoms with E-state index in [0.29, 0.717) is 12.3 Å². The van der Waals surface area contributed by atoms with E-state index in [-0.39, 0.29) is 11.8 Å². The Morgan fingerprint density at radius 3 is 2.50 bits per heavy atom. The van der Waals surface area contributed by atoms with Gasteiger partial charge in [0.15, 0.2) is 0 Å². The SMILES string of the molecule is COC(=O)CC1CCN(c2ccc(F)cc2)CC1. The topological polar surface area (TPSA) is 29.5 Å². The van der Waals surface area contributed by atoms with Crippen molar-refractivity contribution < 1.29 is 13.9 Å². The van der Waals surface area contributed by atoms with Gasteiger partial charge in [0.1, 0.15) is 5.82 Å². The first kappa shape index (κ1) is 12.9. The molecule has 1 fully saturated rings. The lowest BCUT2D eigenvalue weighted by atomic mass is 9.93. The first-order chi connectivity index (χ1) is 8.69. The molecule has 1 aromatic rings. The van der Waals surface area contributed by atoms with Gasteiger partial charge in [-0.3, -0.25) is 4.79 Å². The number of methoxy groups -OCH3 is 1. The third-order valence-corrected chi connectivity index (χ3v) is 3.49. The van der Waals surface area contributed by atoms with Crippen molar-refractivity contribution in [2.24, 2.45) is 5.92 Å². The first-order valence-electron chi connectivity index (χ1n) is 6.26. The molecule has 1 heterocycles. The molecule has 0 aromatic heterocycles. The maximum absolute atomic E-state index is 12.8. The van der Waals surface area contributed by atoms with Crippen molar-refractivity contribution >= 4 is 11.7 Å². The fourth-order valence-corrected chi connectivity index (χ4v) is 2.37. The van der Waals surface area contributed by atoms with E-state index in [1.54, 1.807) is 12.1 Å². The second-order valence-electron chi connectivity index (χ2n) is 4.69. The number of carbonyl (C=O) groups excluding carboxylic acids is 1. The molecular formula is C14H18FNO2. The summed E-state index contributed by atoms with van der Waals surface area (Å²) in [6, 6.07) is 6.57. The zero-order valence-electron chi connectivity index (χ0n) is 10.6. The van der Waals surface area contributed by atoms with Crippen molar-refractivity contribution in [2.75, 3.05) is 25.1 Å². The highest BCUT2D eigenvalue weighted by molar-refractivity contribution is 5.69. The van der Waals surface area contributed by atoms with Crippen molar-refractivity contribution in [3.63, 3.8) is 0 Å². The minimum Gasteiger partial charge on any atom is -0.469 e. The average Bonchev–Trinajstić information content (AvgIpc) is 2.40. The Morgan fingerprint density at radius 2 is 1.94 bits per heavy atom. The van der Waals surface area contributed by atoms with Crippen LogP contribution in [0.25, 0.3) is 0 Å². The summed E-state index contributed by atoms with van der Waals surface area (Å²) in [5, 5.41) is 0. The highest BCUT2D eigenvalue weighted by Crippen LogP contribution is 2.25. The molecule has 4 heteroatoms. The Bertz CT molecular complexity index is 397. The first-order valence-corrected chi connectivity index (χ1v) is 6.26. The van der Waals surface area contributed by atoms with Crippen molar-refractivity contribution in [3.8, 4) is 0 Å². The lowest BCUT2D eigenvalue weighted by Crippen LogP contribution is -2.34. The quantitative estimate of drug-likeness (QED) is 0.773. The highest BCUT2D eigenvalue weighted by atomic mass is 19.1. The number of nitrogens with zero attached hydrogens (tertiary/aromatic N) is 1. The van der Waals surface area contributed by atoms with Gasteiger partial charge in [-0.15, -0.1) is 0 Å². The standard InChI is InChI=1S/C14H18FNO2/c1-18-14(17)10-11-6-8-16(9-7-11)13-4-2-12(15)3-5-13/h2-5,11H,6-10H2,1H3. The second kappa shape index (κ2) is 5.85. The van der Waals surface area contributed by atoms with Gasteiger partial charge < -0.3 is 9.64 Å². The number of esters is 1. The van der Waals surface area contributed by atoms with E-state index in [2.05, 4.69) is 9.64 Å². The normalized spacial score (nSPS) is 16.7. The third kappa shape index (κ3) is 3.22. The van der Waals surface area contributed by atoms with Crippen molar-refractivity contribution in [1.29, 1.82) is 0 Å². The van der Waals surface area contributed by atoms with Gasteiger partial charge in [-0.1, -0.05) is 0 Å². The van der Waals surface area contributed by atoms with Crippen molar-refractivity contribution in [2.45, 2.75) is 19.3 Å². The number of ether oxygens (including phenoxy) is 1. The molecule has 3 nitrogen and oxygen atoms in total. The van der Waals surface area contributed by atoms with E-state index in [9.17, 15) is 9.18 Å². The predicted molar refractivity (Wildman–Crippen MR) is 68.0 cm³/mol. The Labute approximate surface area is 107 Å². The van der Waals surface area contributed by atoms with Crippen LogP contribution in [-0.2, 0) is 9.53 Å². The van der Waals surface area contributed by atoms with E-state index in [1.807, 2.05) is 0 Å². The molecule has 2 rings (SSSR count). The van der Waals surface area contributed by atoms with Crippen LogP contribution in [0.3, 0.4) is 0 Å². The molecule has 0 spiro atoms. The summed E-state index contributed by atoms with van der Waals surface area (Å²) in [5.41, 5.74) is 1.05. The summed E-state index contributed by atoms with van der Waals surface area (Å²) in [4.78, 5) is 13.4. The van der Waals surface area contributed by atoms with E-state index in [1.165, 1.54) is 19.2 Å². The van der Waals surface area contributed by atoms with Crippen LogP contribution in [0.15, 0.2) is 24.3 Å². The summed E-state index contributed by atoms with van der Waals surface area (Å²) in [6.45, 7) is 1.82. The van der Waals surface area contributed by atoms with Crippen LogP contribution in [0.5, 0.6) is 0 Å². The molecule has 1 aliphatic heterocycles. The summed E-state index contributed by atoms with van der Waals surface area (Å²) in [7, 11) is 1.43. The zero-order valence-corrected chi connectivity index (χ0v) is 10.6. The van der Waals surface area contributed by atoms with Gasteiger partial charge in [0, 0.05) is 25.2 Å². The minimum absolute atomic E-state index is 0.129. The summed E-state index contributed by atoms with van der Waals surface area (Å²) in [6.07, 6.45) is 2.46. The van der Waals surface area contributed by atoms with Gasteiger partial charge in [0.2, 0.25) is 0 Å². The van der Waals surface area contributed by atoms with E-state index >= 15 is 0 Å². The maximum Gasteiger partial charge on any atom is 0.305 e. The number of rotatable bonds is 3. The molecular weight excluding hydrogens is 233 g/mol.